The molecule has 3 aliphatic rings. The lowest BCUT2D eigenvalue weighted by atomic mass is 9.90. The SMILES string of the molecule is NC1=NCC(C2CCCCCC2)N1C1CCCC1. The third-order valence-electron chi connectivity index (χ3n) is 5.22. The van der Waals surface area contributed by atoms with Crippen LogP contribution in [0.3, 0.4) is 0 Å². The predicted molar refractivity (Wildman–Crippen MR) is 75.6 cm³/mol. The number of hydrogen-bond donors (Lipinski definition) is 1. The maximum atomic E-state index is 6.17. The van der Waals surface area contributed by atoms with Crippen LogP contribution in [0.4, 0.5) is 0 Å². The van der Waals surface area contributed by atoms with Crippen LogP contribution in [-0.2, 0) is 0 Å². The lowest BCUT2D eigenvalue weighted by molar-refractivity contribution is 0.184. The Hall–Kier alpha value is -0.730. The van der Waals surface area contributed by atoms with E-state index in [0.29, 0.717) is 12.1 Å². The molecule has 0 bridgehead atoms. The van der Waals surface area contributed by atoms with Crippen LogP contribution in [0.1, 0.15) is 64.2 Å². The number of guanidine groups is 1. The average molecular weight is 249 g/mol. The van der Waals surface area contributed by atoms with Gasteiger partial charge in [0.1, 0.15) is 0 Å². The molecule has 1 heterocycles. The van der Waals surface area contributed by atoms with Crippen molar-refractivity contribution in [1.82, 2.24) is 4.90 Å². The van der Waals surface area contributed by atoms with E-state index in [1.54, 1.807) is 0 Å². The van der Waals surface area contributed by atoms with Gasteiger partial charge in [-0.1, -0.05) is 38.5 Å². The molecule has 0 spiro atoms. The number of rotatable bonds is 2. The quantitative estimate of drug-likeness (QED) is 0.765. The van der Waals surface area contributed by atoms with Crippen molar-refractivity contribution < 1.29 is 0 Å². The Labute approximate surface area is 111 Å². The molecule has 2 aliphatic carbocycles. The van der Waals surface area contributed by atoms with E-state index in [1.165, 1.54) is 64.2 Å². The summed E-state index contributed by atoms with van der Waals surface area (Å²) in [7, 11) is 0. The molecule has 0 radical (unpaired) electrons. The summed E-state index contributed by atoms with van der Waals surface area (Å²) in [6.45, 7) is 0.965. The second-order valence-corrected chi connectivity index (χ2v) is 6.36. The fourth-order valence-electron chi connectivity index (χ4n) is 4.24. The maximum Gasteiger partial charge on any atom is 0.191 e. The third kappa shape index (κ3) is 2.36. The van der Waals surface area contributed by atoms with Crippen molar-refractivity contribution in [3.8, 4) is 0 Å². The molecule has 3 heteroatoms. The van der Waals surface area contributed by atoms with Crippen molar-refractivity contribution >= 4 is 5.96 Å². The minimum atomic E-state index is 0.631. The van der Waals surface area contributed by atoms with Crippen molar-refractivity contribution in [2.75, 3.05) is 6.54 Å². The molecule has 2 fully saturated rings. The van der Waals surface area contributed by atoms with Crippen molar-refractivity contribution in [3.05, 3.63) is 0 Å². The standard InChI is InChI=1S/C15H27N3/c16-15-17-11-14(12-7-3-1-2-4-8-12)18(15)13-9-5-6-10-13/h12-14H,1-11H2,(H2,16,17). The molecule has 0 aromatic carbocycles. The Bertz CT molecular complexity index is 299. The molecule has 102 valence electrons. The molecule has 0 aromatic rings. The smallest absolute Gasteiger partial charge is 0.191 e. The highest BCUT2D eigenvalue weighted by Gasteiger charge is 2.37. The van der Waals surface area contributed by atoms with E-state index >= 15 is 0 Å². The van der Waals surface area contributed by atoms with Crippen molar-refractivity contribution in [2.24, 2.45) is 16.6 Å². The van der Waals surface area contributed by atoms with Crippen LogP contribution in [0.25, 0.3) is 0 Å². The van der Waals surface area contributed by atoms with E-state index in [1.807, 2.05) is 0 Å². The van der Waals surface area contributed by atoms with Gasteiger partial charge in [0, 0.05) is 6.04 Å². The van der Waals surface area contributed by atoms with Crippen LogP contribution >= 0.6 is 0 Å². The molecular weight excluding hydrogens is 222 g/mol. The summed E-state index contributed by atoms with van der Waals surface area (Å²) in [6, 6.07) is 1.33. The summed E-state index contributed by atoms with van der Waals surface area (Å²) in [4.78, 5) is 7.09. The number of aliphatic imine (C=N–C) groups is 1. The van der Waals surface area contributed by atoms with Gasteiger partial charge >= 0.3 is 0 Å². The summed E-state index contributed by atoms with van der Waals surface area (Å²) in [5, 5.41) is 0. The highest BCUT2D eigenvalue weighted by Crippen LogP contribution is 2.34. The average Bonchev–Trinajstić information content (AvgIpc) is 2.92. The monoisotopic (exact) mass is 249 g/mol. The first-order valence-electron chi connectivity index (χ1n) is 7.94. The molecule has 18 heavy (non-hydrogen) atoms. The Morgan fingerprint density at radius 1 is 0.889 bits per heavy atom. The molecular formula is C15H27N3. The zero-order chi connectivity index (χ0) is 12.4. The number of nitrogens with zero attached hydrogens (tertiary/aromatic N) is 2. The molecule has 2 saturated carbocycles. The molecule has 1 atom stereocenters. The zero-order valence-electron chi connectivity index (χ0n) is 11.5. The lowest BCUT2D eigenvalue weighted by Crippen LogP contribution is -2.49. The van der Waals surface area contributed by atoms with E-state index in [0.717, 1.165) is 18.4 Å². The number of hydrogen-bond acceptors (Lipinski definition) is 3. The van der Waals surface area contributed by atoms with Gasteiger partial charge in [-0.15, -0.1) is 0 Å². The normalized spacial score (nSPS) is 31.7. The molecule has 1 aliphatic heterocycles. The Kier molecular flexibility index (Phi) is 3.76. The van der Waals surface area contributed by atoms with Gasteiger partial charge in [0.15, 0.2) is 5.96 Å². The van der Waals surface area contributed by atoms with Gasteiger partial charge in [0.25, 0.3) is 0 Å². The van der Waals surface area contributed by atoms with Crippen LogP contribution in [0.2, 0.25) is 0 Å². The van der Waals surface area contributed by atoms with Crippen LogP contribution in [0.5, 0.6) is 0 Å². The maximum absolute atomic E-state index is 6.17. The minimum absolute atomic E-state index is 0.631. The highest BCUT2D eigenvalue weighted by molar-refractivity contribution is 5.80. The molecule has 0 amide bonds. The first kappa shape index (κ1) is 12.3. The Balaban J connectivity index is 1.70. The van der Waals surface area contributed by atoms with E-state index in [9.17, 15) is 0 Å². The van der Waals surface area contributed by atoms with Crippen LogP contribution in [0.15, 0.2) is 4.99 Å². The summed E-state index contributed by atoms with van der Waals surface area (Å²) in [6.07, 6.45) is 13.9. The Morgan fingerprint density at radius 3 is 2.17 bits per heavy atom. The van der Waals surface area contributed by atoms with Crippen molar-refractivity contribution in [2.45, 2.75) is 76.3 Å². The Morgan fingerprint density at radius 2 is 1.50 bits per heavy atom. The zero-order valence-corrected chi connectivity index (χ0v) is 11.5. The van der Waals surface area contributed by atoms with Gasteiger partial charge in [-0.25, -0.2) is 0 Å². The highest BCUT2D eigenvalue weighted by atomic mass is 15.3. The fourth-order valence-corrected chi connectivity index (χ4v) is 4.24. The minimum Gasteiger partial charge on any atom is -0.370 e. The number of nitrogens with two attached hydrogens (primary N) is 1. The van der Waals surface area contributed by atoms with Crippen LogP contribution < -0.4 is 5.73 Å². The molecule has 2 N–H and O–H groups in total. The molecule has 1 unspecified atom stereocenters. The molecule has 3 nitrogen and oxygen atoms in total. The van der Waals surface area contributed by atoms with E-state index in [-0.39, 0.29) is 0 Å². The summed E-state index contributed by atoms with van der Waals surface area (Å²) in [5.41, 5.74) is 6.17. The summed E-state index contributed by atoms with van der Waals surface area (Å²) in [5.74, 6) is 1.69. The second-order valence-electron chi connectivity index (χ2n) is 6.36. The predicted octanol–water partition coefficient (Wildman–Crippen LogP) is 2.90. The third-order valence-corrected chi connectivity index (χ3v) is 5.22. The molecule has 0 aromatic heterocycles. The van der Waals surface area contributed by atoms with Gasteiger partial charge in [-0.3, -0.25) is 4.99 Å². The van der Waals surface area contributed by atoms with Gasteiger partial charge in [-0.05, 0) is 31.6 Å². The van der Waals surface area contributed by atoms with Crippen LogP contribution in [-0.4, -0.2) is 29.5 Å². The molecule has 0 saturated heterocycles. The second kappa shape index (κ2) is 5.50. The van der Waals surface area contributed by atoms with E-state index in [2.05, 4.69) is 9.89 Å². The topological polar surface area (TPSA) is 41.6 Å². The van der Waals surface area contributed by atoms with E-state index in [4.69, 9.17) is 5.73 Å². The van der Waals surface area contributed by atoms with Gasteiger partial charge in [-0.2, -0.15) is 0 Å². The summed E-state index contributed by atoms with van der Waals surface area (Å²) >= 11 is 0. The van der Waals surface area contributed by atoms with Gasteiger partial charge in [0.05, 0.1) is 12.6 Å². The summed E-state index contributed by atoms with van der Waals surface area (Å²) < 4.78 is 0. The van der Waals surface area contributed by atoms with Crippen molar-refractivity contribution in [1.29, 1.82) is 0 Å². The largest absolute Gasteiger partial charge is 0.370 e. The lowest BCUT2D eigenvalue weighted by Gasteiger charge is -2.36. The van der Waals surface area contributed by atoms with Gasteiger partial charge < -0.3 is 10.6 Å². The first-order chi connectivity index (χ1) is 8.86. The van der Waals surface area contributed by atoms with Crippen LogP contribution in [0, 0.1) is 5.92 Å². The van der Waals surface area contributed by atoms with Gasteiger partial charge in [0.2, 0.25) is 0 Å². The van der Waals surface area contributed by atoms with E-state index < -0.39 is 0 Å². The van der Waals surface area contributed by atoms with Crippen molar-refractivity contribution in [3.63, 3.8) is 0 Å². The molecule has 3 rings (SSSR count). The first-order valence-corrected chi connectivity index (χ1v) is 7.94. The fraction of sp³-hybridized carbons (Fsp3) is 0.933.